The van der Waals surface area contributed by atoms with Gasteiger partial charge in [0, 0.05) is 16.2 Å². The number of esters is 1. The van der Waals surface area contributed by atoms with Crippen molar-refractivity contribution in [2.75, 3.05) is 25.6 Å². The Balaban J connectivity index is 1.84. The molecule has 2 aromatic carbocycles. The van der Waals surface area contributed by atoms with Crippen molar-refractivity contribution < 1.29 is 23.8 Å². The average molecular weight is 394 g/mol. The smallest absolute Gasteiger partial charge is 0.343 e. The van der Waals surface area contributed by atoms with Crippen molar-refractivity contribution in [3.05, 3.63) is 53.0 Å². The zero-order valence-electron chi connectivity index (χ0n) is 13.0. The normalized spacial score (nSPS) is 9.92. The average Bonchev–Trinajstić information content (AvgIpc) is 2.59. The van der Waals surface area contributed by atoms with Crippen LogP contribution in [0.25, 0.3) is 0 Å². The van der Waals surface area contributed by atoms with E-state index < -0.39 is 5.97 Å². The summed E-state index contributed by atoms with van der Waals surface area (Å²) in [7, 11) is 1.29. The third-order valence-electron chi connectivity index (χ3n) is 2.89. The molecule has 1 N–H and O–H groups in total. The first-order valence-electron chi connectivity index (χ1n) is 7.05. The first kappa shape index (κ1) is 17.8. The summed E-state index contributed by atoms with van der Waals surface area (Å²) in [5.74, 6) is 0.269. The maximum absolute atomic E-state index is 11.9. The van der Waals surface area contributed by atoms with Crippen LogP contribution in [0, 0.1) is 0 Å². The van der Waals surface area contributed by atoms with Crippen LogP contribution in [0.1, 0.15) is 0 Å². The Morgan fingerprint density at radius 2 is 1.71 bits per heavy atom. The number of hydrogen-bond donors (Lipinski definition) is 1. The van der Waals surface area contributed by atoms with Gasteiger partial charge in [-0.15, -0.1) is 0 Å². The largest absolute Gasteiger partial charge is 0.484 e. The Kier molecular flexibility index (Phi) is 6.62. The fourth-order valence-electron chi connectivity index (χ4n) is 1.74. The molecule has 0 aliphatic carbocycles. The van der Waals surface area contributed by atoms with Crippen molar-refractivity contribution in [1.82, 2.24) is 0 Å². The van der Waals surface area contributed by atoms with E-state index in [2.05, 4.69) is 26.0 Å². The van der Waals surface area contributed by atoms with Gasteiger partial charge in [-0.2, -0.15) is 0 Å². The van der Waals surface area contributed by atoms with Gasteiger partial charge >= 0.3 is 5.97 Å². The standard InChI is InChI=1S/C17H16BrNO5/c1-22-17(21)11-24-15-4-2-3-13(9-15)19-16(20)10-23-14-7-5-12(18)6-8-14/h2-9H,10-11H2,1H3,(H,19,20). The van der Waals surface area contributed by atoms with Crippen molar-refractivity contribution in [1.29, 1.82) is 0 Å². The van der Waals surface area contributed by atoms with Crippen molar-refractivity contribution in [2.24, 2.45) is 0 Å². The highest BCUT2D eigenvalue weighted by atomic mass is 79.9. The minimum Gasteiger partial charge on any atom is -0.484 e. The van der Waals surface area contributed by atoms with Gasteiger partial charge < -0.3 is 19.5 Å². The van der Waals surface area contributed by atoms with Gasteiger partial charge in [-0.05, 0) is 36.4 Å². The van der Waals surface area contributed by atoms with Crippen LogP contribution in [-0.2, 0) is 14.3 Å². The van der Waals surface area contributed by atoms with Gasteiger partial charge in [-0.25, -0.2) is 4.79 Å². The van der Waals surface area contributed by atoms with E-state index in [0.717, 1.165) is 4.47 Å². The lowest BCUT2D eigenvalue weighted by Gasteiger charge is -2.09. The number of amides is 1. The van der Waals surface area contributed by atoms with Crippen LogP contribution in [0.4, 0.5) is 5.69 Å². The predicted molar refractivity (Wildman–Crippen MR) is 92.2 cm³/mol. The number of nitrogens with one attached hydrogen (secondary N) is 1. The van der Waals surface area contributed by atoms with Gasteiger partial charge in [0.1, 0.15) is 11.5 Å². The lowest BCUT2D eigenvalue weighted by atomic mass is 10.3. The number of carbonyl (C=O) groups excluding carboxylic acids is 2. The summed E-state index contributed by atoms with van der Waals surface area (Å²) >= 11 is 3.33. The Bertz CT molecular complexity index is 702. The number of ether oxygens (including phenoxy) is 3. The molecule has 0 radical (unpaired) electrons. The second-order valence-corrected chi connectivity index (χ2v) is 5.60. The molecule has 0 saturated heterocycles. The van der Waals surface area contributed by atoms with Gasteiger partial charge in [0.25, 0.3) is 5.91 Å². The Labute approximate surface area is 147 Å². The molecular formula is C17H16BrNO5. The van der Waals surface area contributed by atoms with Crippen LogP contribution < -0.4 is 14.8 Å². The van der Waals surface area contributed by atoms with Crippen molar-refractivity contribution in [3.63, 3.8) is 0 Å². The van der Waals surface area contributed by atoms with Gasteiger partial charge in [-0.3, -0.25) is 4.79 Å². The first-order valence-corrected chi connectivity index (χ1v) is 7.84. The summed E-state index contributed by atoms with van der Waals surface area (Å²) in [6, 6.07) is 13.9. The molecule has 0 spiro atoms. The molecule has 7 heteroatoms. The third kappa shape index (κ3) is 5.92. The Hall–Kier alpha value is -2.54. The van der Waals surface area contributed by atoms with Crippen molar-refractivity contribution >= 4 is 33.5 Å². The maximum Gasteiger partial charge on any atom is 0.343 e. The molecule has 24 heavy (non-hydrogen) atoms. The summed E-state index contributed by atoms with van der Waals surface area (Å²) in [6.45, 7) is -0.310. The van der Waals surface area contributed by atoms with Crippen LogP contribution in [0.2, 0.25) is 0 Å². The number of methoxy groups -OCH3 is 1. The van der Waals surface area contributed by atoms with E-state index in [1.807, 2.05) is 12.1 Å². The van der Waals surface area contributed by atoms with Crippen LogP contribution in [0.15, 0.2) is 53.0 Å². The van der Waals surface area contributed by atoms with E-state index in [-0.39, 0.29) is 19.1 Å². The molecule has 0 aromatic heterocycles. The fraction of sp³-hybridized carbons (Fsp3) is 0.176. The highest BCUT2D eigenvalue weighted by Gasteiger charge is 2.06. The minimum absolute atomic E-state index is 0.116. The van der Waals surface area contributed by atoms with E-state index in [9.17, 15) is 9.59 Å². The van der Waals surface area contributed by atoms with Crippen LogP contribution in [0.5, 0.6) is 11.5 Å². The Morgan fingerprint density at radius 1 is 1.00 bits per heavy atom. The summed E-state index contributed by atoms with van der Waals surface area (Å²) in [4.78, 5) is 23.0. The molecule has 126 valence electrons. The molecule has 0 fully saturated rings. The molecule has 1 amide bonds. The number of benzene rings is 2. The summed E-state index contributed by atoms with van der Waals surface area (Å²) in [5, 5.41) is 2.70. The molecule has 0 heterocycles. The predicted octanol–water partition coefficient (Wildman–Crippen LogP) is 3.02. The summed E-state index contributed by atoms with van der Waals surface area (Å²) in [5.41, 5.74) is 0.543. The quantitative estimate of drug-likeness (QED) is 0.731. The molecule has 0 bridgehead atoms. The van der Waals surface area contributed by atoms with E-state index in [1.165, 1.54) is 7.11 Å². The van der Waals surface area contributed by atoms with E-state index in [4.69, 9.17) is 9.47 Å². The van der Waals surface area contributed by atoms with Crippen LogP contribution >= 0.6 is 15.9 Å². The lowest BCUT2D eigenvalue weighted by Crippen LogP contribution is -2.20. The fourth-order valence-corrected chi connectivity index (χ4v) is 2.01. The van der Waals surface area contributed by atoms with Gasteiger partial charge in [0.15, 0.2) is 13.2 Å². The molecule has 0 saturated carbocycles. The van der Waals surface area contributed by atoms with Gasteiger partial charge in [-0.1, -0.05) is 22.0 Å². The molecule has 0 aliphatic heterocycles. The molecule has 2 aromatic rings. The second kappa shape index (κ2) is 8.93. The number of hydrogen-bond acceptors (Lipinski definition) is 5. The van der Waals surface area contributed by atoms with E-state index >= 15 is 0 Å². The highest BCUT2D eigenvalue weighted by molar-refractivity contribution is 9.10. The van der Waals surface area contributed by atoms with Crippen LogP contribution in [0.3, 0.4) is 0 Å². The second-order valence-electron chi connectivity index (χ2n) is 4.68. The number of carbonyl (C=O) groups is 2. The van der Waals surface area contributed by atoms with Crippen LogP contribution in [-0.4, -0.2) is 32.2 Å². The summed E-state index contributed by atoms with van der Waals surface area (Å²) < 4.78 is 16.1. The number of anilines is 1. The minimum atomic E-state index is -0.479. The summed E-state index contributed by atoms with van der Waals surface area (Å²) in [6.07, 6.45) is 0. The molecule has 6 nitrogen and oxygen atoms in total. The highest BCUT2D eigenvalue weighted by Crippen LogP contribution is 2.18. The van der Waals surface area contributed by atoms with Gasteiger partial charge in [0.05, 0.1) is 7.11 Å². The monoisotopic (exact) mass is 393 g/mol. The molecular weight excluding hydrogens is 378 g/mol. The SMILES string of the molecule is COC(=O)COc1cccc(NC(=O)COc2ccc(Br)cc2)c1. The van der Waals surface area contributed by atoms with Crippen molar-refractivity contribution in [2.45, 2.75) is 0 Å². The topological polar surface area (TPSA) is 73.9 Å². The van der Waals surface area contributed by atoms with Gasteiger partial charge in [0.2, 0.25) is 0 Å². The molecule has 0 aliphatic rings. The van der Waals surface area contributed by atoms with E-state index in [1.54, 1.807) is 36.4 Å². The zero-order valence-corrected chi connectivity index (χ0v) is 14.5. The number of rotatable bonds is 7. The maximum atomic E-state index is 11.9. The number of halogens is 1. The lowest BCUT2D eigenvalue weighted by molar-refractivity contribution is -0.142. The Morgan fingerprint density at radius 3 is 2.42 bits per heavy atom. The molecule has 2 rings (SSSR count). The molecule has 0 atom stereocenters. The zero-order chi connectivity index (χ0) is 17.4. The first-order chi connectivity index (χ1) is 11.6. The van der Waals surface area contributed by atoms with E-state index in [0.29, 0.717) is 17.2 Å². The van der Waals surface area contributed by atoms with Crippen molar-refractivity contribution in [3.8, 4) is 11.5 Å². The molecule has 0 unspecified atom stereocenters. The third-order valence-corrected chi connectivity index (χ3v) is 3.41.